The van der Waals surface area contributed by atoms with Crippen LogP contribution in [0, 0.1) is 0 Å². The van der Waals surface area contributed by atoms with Gasteiger partial charge in [0.15, 0.2) is 0 Å². The summed E-state index contributed by atoms with van der Waals surface area (Å²) >= 11 is 3.46. The third-order valence-corrected chi connectivity index (χ3v) is 5.55. The first-order chi connectivity index (χ1) is 15.3. The minimum atomic E-state index is -0.717. The maximum absolute atomic E-state index is 13.0. The van der Waals surface area contributed by atoms with E-state index in [4.69, 9.17) is 9.84 Å². The number of carbonyl (C=O) groups excluding carboxylic acids is 2. The summed E-state index contributed by atoms with van der Waals surface area (Å²) in [5.41, 5.74) is 3.89. The summed E-state index contributed by atoms with van der Waals surface area (Å²) in [6, 6.07) is 16.3. The number of para-hydroxylation sites is 1. The zero-order chi connectivity index (χ0) is 22.8. The topological polar surface area (TPSA) is 85.2 Å². The van der Waals surface area contributed by atoms with Crippen molar-refractivity contribution in [2.45, 2.75) is 32.9 Å². The number of urea groups is 1. The normalized spacial score (nSPS) is 16.0. The molecule has 8 heteroatoms. The molecule has 0 radical (unpaired) electrons. The largest absolute Gasteiger partial charge is 0.459 e. The lowest BCUT2D eigenvalue weighted by molar-refractivity contribution is -0.143. The average Bonchev–Trinajstić information content (AvgIpc) is 3.19. The fourth-order valence-corrected chi connectivity index (χ4v) is 3.88. The lowest BCUT2D eigenvalue weighted by Gasteiger charge is -2.28. The Morgan fingerprint density at radius 2 is 1.81 bits per heavy atom. The average molecular weight is 495 g/mol. The Morgan fingerprint density at radius 3 is 2.47 bits per heavy atom. The minimum Gasteiger partial charge on any atom is -0.459 e. The van der Waals surface area contributed by atoms with Gasteiger partial charge in [-0.2, -0.15) is 5.10 Å². The van der Waals surface area contributed by atoms with Crippen LogP contribution in [-0.4, -0.2) is 27.9 Å². The molecular formula is C24H23BrN4O3. The maximum Gasteiger partial charge on any atom is 0.338 e. The van der Waals surface area contributed by atoms with Gasteiger partial charge in [0.1, 0.15) is 0 Å². The van der Waals surface area contributed by atoms with Crippen molar-refractivity contribution in [2.24, 2.45) is 0 Å². The smallest absolute Gasteiger partial charge is 0.338 e. The Hall–Kier alpha value is -3.39. The van der Waals surface area contributed by atoms with E-state index in [0.717, 1.165) is 15.7 Å². The van der Waals surface area contributed by atoms with Gasteiger partial charge in [0, 0.05) is 27.5 Å². The Bertz CT molecular complexity index is 1180. The molecule has 1 atom stereocenters. The number of rotatable bonds is 5. The number of hydrogen-bond acceptors (Lipinski definition) is 4. The number of hydrogen-bond donors (Lipinski definition) is 2. The van der Waals surface area contributed by atoms with Crippen LogP contribution < -0.4 is 10.6 Å². The first kappa shape index (κ1) is 21.8. The highest BCUT2D eigenvalue weighted by Gasteiger charge is 2.35. The first-order valence-electron chi connectivity index (χ1n) is 10.2. The van der Waals surface area contributed by atoms with E-state index in [2.05, 4.69) is 26.6 Å². The molecule has 1 aliphatic heterocycles. The van der Waals surface area contributed by atoms with Gasteiger partial charge in [0.25, 0.3) is 0 Å². The lowest BCUT2D eigenvalue weighted by atomic mass is 9.94. The van der Waals surface area contributed by atoms with E-state index in [0.29, 0.717) is 22.5 Å². The Labute approximate surface area is 194 Å². The number of ether oxygens (including phenoxy) is 1. The van der Waals surface area contributed by atoms with E-state index in [9.17, 15) is 9.59 Å². The summed E-state index contributed by atoms with van der Waals surface area (Å²) in [7, 11) is 0. The summed E-state index contributed by atoms with van der Waals surface area (Å²) in [5, 5.41) is 10.4. The highest BCUT2D eigenvalue weighted by Crippen LogP contribution is 2.35. The van der Waals surface area contributed by atoms with Crippen molar-refractivity contribution >= 4 is 27.9 Å². The number of nitrogens with one attached hydrogen (secondary N) is 2. The van der Waals surface area contributed by atoms with Gasteiger partial charge >= 0.3 is 12.0 Å². The molecular weight excluding hydrogens is 472 g/mol. The van der Waals surface area contributed by atoms with Crippen LogP contribution in [-0.2, 0) is 9.53 Å². The number of amides is 2. The summed E-state index contributed by atoms with van der Waals surface area (Å²) in [6.45, 7) is 5.28. The second-order valence-electron chi connectivity index (χ2n) is 7.74. The van der Waals surface area contributed by atoms with Gasteiger partial charge in [-0.3, -0.25) is 0 Å². The SMILES string of the molecule is CC1=C(C(=O)OC(C)C)C(c2cn(-c3ccccc3)nc2-c2ccc(Br)cc2)NC(=O)N1. The van der Waals surface area contributed by atoms with Crippen LogP contribution in [0.15, 0.2) is 76.5 Å². The van der Waals surface area contributed by atoms with Crippen molar-refractivity contribution < 1.29 is 14.3 Å². The Kier molecular flexibility index (Phi) is 6.14. The second kappa shape index (κ2) is 9.00. The van der Waals surface area contributed by atoms with Crippen molar-refractivity contribution in [3.05, 3.63) is 82.1 Å². The zero-order valence-corrected chi connectivity index (χ0v) is 19.5. The lowest BCUT2D eigenvalue weighted by Crippen LogP contribution is -2.45. The molecule has 0 bridgehead atoms. The molecule has 32 heavy (non-hydrogen) atoms. The molecule has 4 rings (SSSR count). The number of halogens is 1. The van der Waals surface area contributed by atoms with E-state index in [1.54, 1.807) is 25.5 Å². The molecule has 1 unspecified atom stereocenters. The van der Waals surface area contributed by atoms with Crippen molar-refractivity contribution in [1.82, 2.24) is 20.4 Å². The van der Waals surface area contributed by atoms with Crippen molar-refractivity contribution in [2.75, 3.05) is 0 Å². The highest BCUT2D eigenvalue weighted by atomic mass is 79.9. The fraction of sp³-hybridized carbons (Fsp3) is 0.208. The summed E-state index contributed by atoms with van der Waals surface area (Å²) in [5.74, 6) is -0.482. The van der Waals surface area contributed by atoms with Crippen LogP contribution in [0.3, 0.4) is 0 Å². The molecule has 0 saturated heterocycles. The van der Waals surface area contributed by atoms with Crippen LogP contribution in [0.2, 0.25) is 0 Å². The number of aromatic nitrogens is 2. The molecule has 0 fully saturated rings. The molecule has 2 amide bonds. The maximum atomic E-state index is 13.0. The number of carbonyl (C=O) groups is 2. The van der Waals surface area contributed by atoms with Gasteiger partial charge in [-0.15, -0.1) is 0 Å². The van der Waals surface area contributed by atoms with E-state index >= 15 is 0 Å². The van der Waals surface area contributed by atoms with Crippen LogP contribution in [0.1, 0.15) is 32.4 Å². The summed E-state index contributed by atoms with van der Waals surface area (Å²) < 4.78 is 8.17. The first-order valence-corrected chi connectivity index (χ1v) is 11.0. The van der Waals surface area contributed by atoms with Gasteiger partial charge in [0.2, 0.25) is 0 Å². The highest BCUT2D eigenvalue weighted by molar-refractivity contribution is 9.10. The predicted molar refractivity (Wildman–Crippen MR) is 125 cm³/mol. The molecule has 3 aromatic rings. The van der Waals surface area contributed by atoms with Crippen molar-refractivity contribution in [3.63, 3.8) is 0 Å². The minimum absolute atomic E-state index is 0.293. The molecule has 2 aromatic carbocycles. The molecule has 0 saturated carbocycles. The van der Waals surface area contributed by atoms with E-state index in [-0.39, 0.29) is 12.1 Å². The number of benzene rings is 2. The van der Waals surface area contributed by atoms with Gasteiger partial charge in [-0.05, 0) is 45.0 Å². The third kappa shape index (κ3) is 4.45. The van der Waals surface area contributed by atoms with Crippen LogP contribution in [0.4, 0.5) is 4.79 Å². The summed E-state index contributed by atoms with van der Waals surface area (Å²) in [6.07, 6.45) is 1.55. The van der Waals surface area contributed by atoms with Crippen LogP contribution in [0.25, 0.3) is 16.9 Å². The summed E-state index contributed by atoms with van der Waals surface area (Å²) in [4.78, 5) is 25.3. The monoisotopic (exact) mass is 494 g/mol. The zero-order valence-electron chi connectivity index (χ0n) is 17.9. The Morgan fingerprint density at radius 1 is 1.12 bits per heavy atom. The molecule has 1 aromatic heterocycles. The molecule has 0 spiro atoms. The quantitative estimate of drug-likeness (QED) is 0.494. The standard InChI is InChI=1S/C24H23BrN4O3/c1-14(2)32-23(30)20-15(3)26-24(31)27-22(20)19-13-29(18-7-5-4-6-8-18)28-21(19)16-9-11-17(25)12-10-16/h4-14,22H,1-3H3,(H2,26,27,31). The van der Waals surface area contributed by atoms with Crippen molar-refractivity contribution in [3.8, 4) is 16.9 Å². The number of esters is 1. The van der Waals surface area contributed by atoms with E-state index in [1.807, 2.05) is 60.8 Å². The van der Waals surface area contributed by atoms with Gasteiger partial charge in [-0.25, -0.2) is 14.3 Å². The number of nitrogens with zero attached hydrogens (tertiary/aromatic N) is 2. The molecule has 1 aliphatic rings. The van der Waals surface area contributed by atoms with Gasteiger partial charge in [0.05, 0.1) is 29.1 Å². The third-order valence-electron chi connectivity index (χ3n) is 5.02. The predicted octanol–water partition coefficient (Wildman–Crippen LogP) is 4.88. The Balaban J connectivity index is 1.89. The second-order valence-corrected chi connectivity index (χ2v) is 8.66. The molecule has 7 nitrogen and oxygen atoms in total. The van der Waals surface area contributed by atoms with Crippen LogP contribution in [0.5, 0.6) is 0 Å². The fourth-order valence-electron chi connectivity index (χ4n) is 3.62. The van der Waals surface area contributed by atoms with Crippen molar-refractivity contribution in [1.29, 1.82) is 0 Å². The molecule has 164 valence electrons. The molecule has 2 N–H and O–H groups in total. The van der Waals surface area contributed by atoms with E-state index in [1.165, 1.54) is 0 Å². The van der Waals surface area contributed by atoms with E-state index < -0.39 is 12.0 Å². The number of allylic oxidation sites excluding steroid dienone is 1. The van der Waals surface area contributed by atoms with Crippen LogP contribution >= 0.6 is 15.9 Å². The van der Waals surface area contributed by atoms with Gasteiger partial charge in [-0.1, -0.05) is 46.3 Å². The molecule has 2 heterocycles. The molecule has 0 aliphatic carbocycles. The van der Waals surface area contributed by atoms with Gasteiger partial charge < -0.3 is 15.4 Å².